The monoisotopic (exact) mass is 288 g/mol. The summed E-state index contributed by atoms with van der Waals surface area (Å²) in [5.74, 6) is 0. The SMILES string of the molecule is C[PH](C)(C)[Zn]([Cl])([Cl])[PH](C)(C)C. The van der Waals surface area contributed by atoms with E-state index in [4.69, 9.17) is 19.4 Å². The van der Waals surface area contributed by atoms with Crippen molar-refractivity contribution in [2.24, 2.45) is 0 Å². The van der Waals surface area contributed by atoms with Crippen LogP contribution in [0.4, 0.5) is 0 Å². The molecule has 0 amide bonds. The normalized spacial score (nSPS) is 16.7. The van der Waals surface area contributed by atoms with E-state index in [0.717, 1.165) is 0 Å². The molecule has 0 saturated heterocycles. The summed E-state index contributed by atoms with van der Waals surface area (Å²) in [6.45, 7) is 13.9. The minimum atomic E-state index is -2.74. The van der Waals surface area contributed by atoms with Crippen molar-refractivity contribution in [1.82, 2.24) is 0 Å². The van der Waals surface area contributed by atoms with Gasteiger partial charge in [-0.2, -0.15) is 0 Å². The molecule has 0 aliphatic rings. The maximum atomic E-state index is 6.60. The van der Waals surface area contributed by atoms with Gasteiger partial charge in [0.25, 0.3) is 0 Å². The topological polar surface area (TPSA) is 0 Å². The Morgan fingerprint density at radius 2 is 0.909 bits per heavy atom. The molecular weight excluding hydrogens is 270 g/mol. The number of hydrogen-bond acceptors (Lipinski definition) is 0. The van der Waals surface area contributed by atoms with Crippen LogP contribution in [0.3, 0.4) is 0 Å². The van der Waals surface area contributed by atoms with E-state index in [2.05, 4.69) is 40.0 Å². The van der Waals surface area contributed by atoms with Crippen LogP contribution >= 0.6 is 30.6 Å². The number of halogens is 2. The van der Waals surface area contributed by atoms with Gasteiger partial charge >= 0.3 is 82.4 Å². The average molecular weight is 290 g/mol. The summed E-state index contributed by atoms with van der Waals surface area (Å²) in [5.41, 5.74) is -2.42. The standard InChI is InChI=1S/2C3H9P.2ClH.Zn/c2*1-4(2)3;;;/h2*1-3H3;2*1H;. The van der Waals surface area contributed by atoms with E-state index >= 15 is 0 Å². The molecule has 0 aliphatic heterocycles. The van der Waals surface area contributed by atoms with E-state index < -0.39 is 23.0 Å². The Labute approximate surface area is 82.0 Å². The molecule has 0 nitrogen and oxygen atoms in total. The van der Waals surface area contributed by atoms with Crippen molar-refractivity contribution in [1.29, 1.82) is 0 Å². The molecule has 0 aliphatic carbocycles. The zero-order valence-electron chi connectivity index (χ0n) is 8.46. The quantitative estimate of drug-likeness (QED) is 0.539. The first-order valence-electron chi connectivity index (χ1n) is 4.24. The average Bonchev–Trinajstić information content (AvgIpc) is 1.58. The molecule has 0 aromatic rings. The molecular formula is C6H20Cl2P2Zn. The molecule has 0 fully saturated rings. The van der Waals surface area contributed by atoms with E-state index in [1.165, 1.54) is 0 Å². The van der Waals surface area contributed by atoms with Crippen molar-refractivity contribution in [3.8, 4) is 0 Å². The second-order valence-electron chi connectivity index (χ2n) is 5.93. The van der Waals surface area contributed by atoms with Crippen molar-refractivity contribution < 1.29 is 11.8 Å². The van der Waals surface area contributed by atoms with Crippen molar-refractivity contribution in [2.45, 2.75) is 0 Å². The minimum absolute atomic E-state index is 1.21. The summed E-state index contributed by atoms with van der Waals surface area (Å²) in [7, 11) is 13.2. The molecule has 0 heterocycles. The third kappa shape index (κ3) is 3.03. The van der Waals surface area contributed by atoms with Crippen molar-refractivity contribution >= 4 is 30.6 Å². The molecule has 0 aromatic heterocycles. The Morgan fingerprint density at radius 3 is 0.909 bits per heavy atom. The van der Waals surface area contributed by atoms with Crippen LogP contribution in [0.5, 0.6) is 0 Å². The van der Waals surface area contributed by atoms with Crippen LogP contribution in [0.15, 0.2) is 0 Å². The zero-order valence-corrected chi connectivity index (χ0v) is 14.9. The van der Waals surface area contributed by atoms with Crippen molar-refractivity contribution in [3.63, 3.8) is 0 Å². The van der Waals surface area contributed by atoms with Gasteiger partial charge in [0.15, 0.2) is 0 Å². The first kappa shape index (κ1) is 13.1. The predicted molar refractivity (Wildman–Crippen MR) is 63.9 cm³/mol. The molecule has 0 unspecified atom stereocenters. The molecule has 11 heavy (non-hydrogen) atoms. The Kier molecular flexibility index (Phi) is 4.36. The summed E-state index contributed by atoms with van der Waals surface area (Å²) in [6.07, 6.45) is 0. The van der Waals surface area contributed by atoms with Gasteiger partial charge in [-0.25, -0.2) is 0 Å². The first-order chi connectivity index (χ1) is 4.50. The van der Waals surface area contributed by atoms with Gasteiger partial charge in [0.05, 0.1) is 0 Å². The van der Waals surface area contributed by atoms with Crippen LogP contribution in [0.1, 0.15) is 0 Å². The third-order valence-electron chi connectivity index (χ3n) is 2.66. The van der Waals surface area contributed by atoms with E-state index in [9.17, 15) is 0 Å². The number of hydrogen-bond donors (Lipinski definition) is 0. The first-order valence-corrected chi connectivity index (χ1v) is 28.4. The molecule has 0 aromatic carbocycles. The molecule has 0 bridgehead atoms. The fourth-order valence-electron chi connectivity index (χ4n) is 1.59. The van der Waals surface area contributed by atoms with Crippen molar-refractivity contribution in [2.75, 3.05) is 40.0 Å². The molecule has 0 spiro atoms. The fourth-order valence-corrected chi connectivity index (χ4v) is 74.4. The summed E-state index contributed by atoms with van der Waals surface area (Å²) in [5, 5.41) is 0. The number of rotatable bonds is 2. The van der Waals surface area contributed by atoms with Crippen LogP contribution < -0.4 is 0 Å². The molecule has 0 rings (SSSR count). The Bertz CT molecular complexity index is 130. The second kappa shape index (κ2) is 3.67. The summed E-state index contributed by atoms with van der Waals surface area (Å²) < 4.78 is 0. The fraction of sp³-hybridized carbons (Fsp3) is 1.00. The molecule has 0 radical (unpaired) electrons. The summed E-state index contributed by atoms with van der Waals surface area (Å²) in [4.78, 5) is 0. The van der Waals surface area contributed by atoms with E-state index in [0.29, 0.717) is 0 Å². The van der Waals surface area contributed by atoms with Gasteiger partial charge in [-0.15, -0.1) is 0 Å². The van der Waals surface area contributed by atoms with E-state index in [1.54, 1.807) is 0 Å². The van der Waals surface area contributed by atoms with Gasteiger partial charge in [-0.1, -0.05) is 0 Å². The van der Waals surface area contributed by atoms with Gasteiger partial charge in [0, 0.05) is 0 Å². The summed E-state index contributed by atoms with van der Waals surface area (Å²) >= 11 is -2.74. The van der Waals surface area contributed by atoms with Crippen LogP contribution in [0.2, 0.25) is 0 Å². The van der Waals surface area contributed by atoms with Crippen LogP contribution in [0, 0.1) is 0 Å². The van der Waals surface area contributed by atoms with Gasteiger partial charge in [-0.3, -0.25) is 0 Å². The van der Waals surface area contributed by atoms with Crippen LogP contribution in [-0.4, -0.2) is 40.0 Å². The Morgan fingerprint density at radius 1 is 0.727 bits per heavy atom. The predicted octanol–water partition coefficient (Wildman–Crippen LogP) is 3.56. The summed E-state index contributed by atoms with van der Waals surface area (Å²) in [6, 6.07) is 0. The maximum absolute atomic E-state index is 6.60. The Balaban J connectivity index is 4.75. The Hall–Kier alpha value is 2.06. The van der Waals surface area contributed by atoms with E-state index in [1.807, 2.05) is 0 Å². The third-order valence-corrected chi connectivity index (χ3v) is 125. The van der Waals surface area contributed by atoms with Gasteiger partial charge < -0.3 is 0 Å². The van der Waals surface area contributed by atoms with Gasteiger partial charge in [0.2, 0.25) is 0 Å². The molecule has 0 saturated carbocycles. The molecule has 0 atom stereocenters. The second-order valence-corrected chi connectivity index (χ2v) is 80.1. The van der Waals surface area contributed by atoms with Crippen molar-refractivity contribution in [3.05, 3.63) is 0 Å². The van der Waals surface area contributed by atoms with E-state index in [-0.39, 0.29) is 0 Å². The zero-order chi connectivity index (χ0) is 9.50. The molecule has 70 valence electrons. The van der Waals surface area contributed by atoms with Crippen LogP contribution in [0.25, 0.3) is 0 Å². The van der Waals surface area contributed by atoms with Gasteiger partial charge in [-0.05, 0) is 0 Å². The molecule has 5 heteroatoms. The molecule has 0 N–H and O–H groups in total. The van der Waals surface area contributed by atoms with Crippen LogP contribution in [-0.2, 0) is 11.8 Å². The van der Waals surface area contributed by atoms with Gasteiger partial charge in [0.1, 0.15) is 0 Å².